The van der Waals surface area contributed by atoms with Crippen molar-refractivity contribution in [3.63, 3.8) is 0 Å². The van der Waals surface area contributed by atoms with Gasteiger partial charge in [0, 0.05) is 0 Å². The van der Waals surface area contributed by atoms with E-state index >= 15 is 0 Å². The van der Waals surface area contributed by atoms with Crippen LogP contribution < -0.4 is 4.52 Å². The van der Waals surface area contributed by atoms with Crippen LogP contribution in [-0.2, 0) is 4.57 Å². The molecule has 0 fully saturated rings. The fraction of sp³-hybridized carbons (Fsp3) is 0. The van der Waals surface area contributed by atoms with Crippen molar-refractivity contribution in [2.75, 3.05) is 0 Å². The molecule has 0 amide bonds. The lowest BCUT2D eigenvalue weighted by molar-refractivity contribution is 0.283. The Morgan fingerprint density at radius 3 is 2.08 bits per heavy atom. The summed E-state index contributed by atoms with van der Waals surface area (Å²) in [4.78, 5) is 16.7. The molecule has 1 rings (SSSR count). The number of phosphoric ester groups is 1. The third kappa shape index (κ3) is 4.55. The van der Waals surface area contributed by atoms with Crippen LogP contribution in [0.15, 0.2) is 30.3 Å². The SMILES string of the molecule is O=P(O)(O)Oc1ccccc1.[AlH3]. The molecule has 0 saturated heterocycles. The van der Waals surface area contributed by atoms with Crippen molar-refractivity contribution in [3.8, 4) is 5.75 Å². The van der Waals surface area contributed by atoms with Gasteiger partial charge in [-0.2, -0.15) is 0 Å². The van der Waals surface area contributed by atoms with E-state index in [1.807, 2.05) is 0 Å². The Labute approximate surface area is 80.6 Å². The molecule has 6 heteroatoms. The molecule has 0 radical (unpaired) electrons. The van der Waals surface area contributed by atoms with Gasteiger partial charge in [0.05, 0.1) is 0 Å². The van der Waals surface area contributed by atoms with E-state index in [1.165, 1.54) is 12.1 Å². The number of hydrogen-bond donors (Lipinski definition) is 2. The summed E-state index contributed by atoms with van der Waals surface area (Å²) in [6.45, 7) is 0. The van der Waals surface area contributed by atoms with Gasteiger partial charge in [0.1, 0.15) is 5.75 Å². The molecule has 0 aliphatic rings. The Morgan fingerprint density at radius 1 is 1.17 bits per heavy atom. The van der Waals surface area contributed by atoms with Crippen LogP contribution in [0.5, 0.6) is 5.75 Å². The first-order chi connectivity index (χ1) is 5.08. The number of phosphoric acid groups is 1. The lowest BCUT2D eigenvalue weighted by Crippen LogP contribution is -1.88. The summed E-state index contributed by atoms with van der Waals surface area (Å²) < 4.78 is 14.5. The van der Waals surface area contributed by atoms with Crippen LogP contribution in [0.4, 0.5) is 0 Å². The van der Waals surface area contributed by atoms with Gasteiger partial charge >= 0.3 is 7.82 Å². The normalized spacial score (nSPS) is 10.2. The Kier molecular flexibility index (Phi) is 4.55. The van der Waals surface area contributed by atoms with E-state index in [2.05, 4.69) is 4.52 Å². The molecule has 0 bridgehead atoms. The van der Waals surface area contributed by atoms with Gasteiger partial charge in [-0.15, -0.1) is 0 Å². The summed E-state index contributed by atoms with van der Waals surface area (Å²) in [5.41, 5.74) is 0. The topological polar surface area (TPSA) is 66.8 Å². The summed E-state index contributed by atoms with van der Waals surface area (Å²) in [6.07, 6.45) is 0. The molecule has 2 N–H and O–H groups in total. The van der Waals surface area contributed by atoms with Crippen LogP contribution in [0.25, 0.3) is 0 Å². The molecule has 0 aliphatic carbocycles. The van der Waals surface area contributed by atoms with Crippen LogP contribution >= 0.6 is 7.82 Å². The first-order valence-electron chi connectivity index (χ1n) is 2.88. The predicted octanol–water partition coefficient (Wildman–Crippen LogP) is -0.0258. The molecule has 4 nitrogen and oxygen atoms in total. The fourth-order valence-corrected chi connectivity index (χ4v) is 1.02. The van der Waals surface area contributed by atoms with Crippen molar-refractivity contribution in [3.05, 3.63) is 30.3 Å². The molecule has 12 heavy (non-hydrogen) atoms. The summed E-state index contributed by atoms with van der Waals surface area (Å²) in [6, 6.07) is 7.93. The minimum atomic E-state index is -4.39. The Bertz CT molecular complexity index is 270. The molecule has 0 saturated carbocycles. The molecule has 0 aliphatic heterocycles. The van der Waals surface area contributed by atoms with E-state index in [0.29, 0.717) is 0 Å². The second-order valence-electron chi connectivity index (χ2n) is 1.89. The lowest BCUT2D eigenvalue weighted by Gasteiger charge is -2.04. The van der Waals surface area contributed by atoms with Crippen molar-refractivity contribution < 1.29 is 18.9 Å². The maximum Gasteiger partial charge on any atom is 0.524 e. The minimum absolute atomic E-state index is 0. The molecule has 66 valence electrons. The molecule has 1 aromatic rings. The van der Waals surface area contributed by atoms with Gasteiger partial charge < -0.3 is 4.52 Å². The largest absolute Gasteiger partial charge is 0.524 e. The number of hydrogen-bond acceptors (Lipinski definition) is 2. The first kappa shape index (κ1) is 11.7. The molecule has 0 atom stereocenters. The van der Waals surface area contributed by atoms with Crippen LogP contribution in [0, 0.1) is 0 Å². The fourth-order valence-electron chi connectivity index (χ4n) is 0.619. The number of rotatable bonds is 2. The average Bonchev–Trinajstić information content (AvgIpc) is 1.85. The molecular formula is C6H10AlO4P. The monoisotopic (exact) mass is 204 g/mol. The standard InChI is InChI=1S/C6H7O4P.Al.3H/c7-11(8,9)10-6-4-2-1-3-5-6;;;;/h1-5H,(H2,7,8,9);;;;. The second-order valence-corrected chi connectivity index (χ2v) is 3.06. The molecule has 0 aromatic heterocycles. The van der Waals surface area contributed by atoms with E-state index in [0.717, 1.165) is 0 Å². The van der Waals surface area contributed by atoms with Gasteiger partial charge in [0.25, 0.3) is 0 Å². The number of para-hydroxylation sites is 1. The van der Waals surface area contributed by atoms with Crippen LogP contribution in [0.2, 0.25) is 0 Å². The van der Waals surface area contributed by atoms with Crippen LogP contribution in [-0.4, -0.2) is 27.1 Å². The van der Waals surface area contributed by atoms with Crippen LogP contribution in [0.3, 0.4) is 0 Å². The Hall–Kier alpha value is -0.298. The van der Waals surface area contributed by atoms with Crippen molar-refractivity contribution in [2.24, 2.45) is 0 Å². The maximum atomic E-state index is 10.3. The van der Waals surface area contributed by atoms with E-state index in [-0.39, 0.29) is 23.1 Å². The lowest BCUT2D eigenvalue weighted by atomic mass is 10.3. The van der Waals surface area contributed by atoms with Gasteiger partial charge in [-0.3, -0.25) is 9.79 Å². The summed E-state index contributed by atoms with van der Waals surface area (Å²) >= 11 is 0. The predicted molar refractivity (Wildman–Crippen MR) is 49.1 cm³/mol. The highest BCUT2D eigenvalue weighted by Crippen LogP contribution is 2.36. The van der Waals surface area contributed by atoms with Gasteiger partial charge in [-0.1, -0.05) is 18.2 Å². The highest BCUT2D eigenvalue weighted by molar-refractivity contribution is 7.46. The van der Waals surface area contributed by atoms with E-state index in [4.69, 9.17) is 9.79 Å². The Morgan fingerprint density at radius 2 is 1.67 bits per heavy atom. The van der Waals surface area contributed by atoms with Crippen molar-refractivity contribution in [2.45, 2.75) is 0 Å². The molecule has 1 aromatic carbocycles. The summed E-state index contributed by atoms with van der Waals surface area (Å²) in [5.74, 6) is 0.167. The average molecular weight is 204 g/mol. The Balaban J connectivity index is 0.00000121. The second kappa shape index (κ2) is 4.66. The highest BCUT2D eigenvalue weighted by Gasteiger charge is 2.14. The van der Waals surface area contributed by atoms with E-state index < -0.39 is 7.82 Å². The molecule has 0 unspecified atom stereocenters. The quantitative estimate of drug-likeness (QED) is 0.524. The third-order valence-electron chi connectivity index (χ3n) is 0.968. The van der Waals surface area contributed by atoms with Crippen molar-refractivity contribution in [1.29, 1.82) is 0 Å². The van der Waals surface area contributed by atoms with Gasteiger partial charge in [0.15, 0.2) is 17.4 Å². The van der Waals surface area contributed by atoms with Gasteiger partial charge in [-0.25, -0.2) is 4.57 Å². The van der Waals surface area contributed by atoms with Crippen molar-refractivity contribution >= 4 is 25.2 Å². The highest BCUT2D eigenvalue weighted by atomic mass is 31.2. The smallest absolute Gasteiger partial charge is 0.404 e. The first-order valence-corrected chi connectivity index (χ1v) is 4.41. The van der Waals surface area contributed by atoms with E-state index in [1.54, 1.807) is 18.2 Å². The van der Waals surface area contributed by atoms with Crippen LogP contribution in [0.1, 0.15) is 0 Å². The zero-order chi connectivity index (χ0) is 8.32. The molecule has 0 spiro atoms. The summed E-state index contributed by atoms with van der Waals surface area (Å²) in [7, 11) is -4.39. The zero-order valence-electron chi connectivity index (χ0n) is 5.54. The summed E-state index contributed by atoms with van der Waals surface area (Å²) in [5, 5.41) is 0. The van der Waals surface area contributed by atoms with Crippen molar-refractivity contribution in [1.82, 2.24) is 0 Å². The molecule has 0 heterocycles. The minimum Gasteiger partial charge on any atom is -0.404 e. The third-order valence-corrected chi connectivity index (χ3v) is 1.42. The zero-order valence-corrected chi connectivity index (χ0v) is 6.44. The van der Waals surface area contributed by atoms with Gasteiger partial charge in [0.2, 0.25) is 0 Å². The van der Waals surface area contributed by atoms with E-state index in [9.17, 15) is 4.57 Å². The maximum absolute atomic E-state index is 10.3. The van der Waals surface area contributed by atoms with Gasteiger partial charge in [-0.05, 0) is 12.1 Å². The number of benzene rings is 1. The molecular weight excluding hydrogens is 194 g/mol.